The van der Waals surface area contributed by atoms with Gasteiger partial charge in [-0.15, -0.1) is 0 Å². The largest absolute Gasteiger partial charge is 0.378 e. The minimum atomic E-state index is -0.472. The maximum absolute atomic E-state index is 13.0. The molecule has 2 aromatic carbocycles. The van der Waals surface area contributed by atoms with E-state index in [0.29, 0.717) is 29.9 Å². The second kappa shape index (κ2) is 7.44. The first-order chi connectivity index (χ1) is 13.6. The fourth-order valence-corrected chi connectivity index (χ4v) is 3.56. The van der Waals surface area contributed by atoms with Crippen molar-refractivity contribution in [1.29, 1.82) is 0 Å². The molecule has 0 spiro atoms. The lowest BCUT2D eigenvalue weighted by Crippen LogP contribution is -2.49. The van der Waals surface area contributed by atoms with E-state index < -0.39 is 11.8 Å². The van der Waals surface area contributed by atoms with Gasteiger partial charge in [-0.2, -0.15) is 5.01 Å². The van der Waals surface area contributed by atoms with Crippen molar-refractivity contribution in [3.63, 3.8) is 0 Å². The van der Waals surface area contributed by atoms with E-state index >= 15 is 0 Å². The zero-order valence-corrected chi connectivity index (χ0v) is 15.6. The van der Waals surface area contributed by atoms with Gasteiger partial charge in [0.15, 0.2) is 0 Å². The predicted molar refractivity (Wildman–Crippen MR) is 103 cm³/mol. The van der Waals surface area contributed by atoms with Gasteiger partial charge in [0.2, 0.25) is 0 Å². The summed E-state index contributed by atoms with van der Waals surface area (Å²) < 4.78 is 5.36. The second-order valence-corrected chi connectivity index (χ2v) is 6.63. The molecule has 0 radical (unpaired) electrons. The number of rotatable bonds is 4. The smallest absolute Gasteiger partial charge is 0.280 e. The monoisotopic (exact) mass is 379 g/mol. The SMILES string of the molecule is CCN(C(=O)c1ccc(N2CCOCC2)cc1)N1C(=O)c2ccccc2C1=O. The Morgan fingerprint density at radius 2 is 1.54 bits per heavy atom. The van der Waals surface area contributed by atoms with Gasteiger partial charge in [0, 0.05) is 30.9 Å². The Labute approximate surface area is 163 Å². The highest BCUT2D eigenvalue weighted by molar-refractivity contribution is 6.22. The number of fused-ring (bicyclic) bond motifs is 1. The minimum absolute atomic E-state index is 0.204. The lowest BCUT2D eigenvalue weighted by molar-refractivity contribution is 0.00562. The molecule has 1 saturated heterocycles. The van der Waals surface area contributed by atoms with Gasteiger partial charge in [-0.25, -0.2) is 5.01 Å². The summed E-state index contributed by atoms with van der Waals surface area (Å²) >= 11 is 0. The summed E-state index contributed by atoms with van der Waals surface area (Å²) in [6, 6.07) is 13.8. The molecular formula is C21H21N3O4. The number of nitrogens with zero attached hydrogens (tertiary/aromatic N) is 3. The molecule has 0 N–H and O–H groups in total. The number of benzene rings is 2. The fraction of sp³-hybridized carbons (Fsp3) is 0.286. The zero-order chi connectivity index (χ0) is 19.7. The zero-order valence-electron chi connectivity index (χ0n) is 15.6. The summed E-state index contributed by atoms with van der Waals surface area (Å²) in [5.74, 6) is -1.33. The van der Waals surface area contributed by atoms with Crippen LogP contribution in [0.1, 0.15) is 38.0 Å². The lowest BCUT2D eigenvalue weighted by atomic mass is 10.1. The third kappa shape index (κ3) is 3.03. The molecule has 0 unspecified atom stereocenters. The van der Waals surface area contributed by atoms with Crippen LogP contribution in [0.15, 0.2) is 48.5 Å². The maximum Gasteiger partial charge on any atom is 0.280 e. The topological polar surface area (TPSA) is 70.2 Å². The number of carbonyl (C=O) groups is 3. The number of imide groups is 1. The molecule has 0 bridgehead atoms. The van der Waals surface area contributed by atoms with Crippen LogP contribution in [0, 0.1) is 0 Å². The van der Waals surface area contributed by atoms with Gasteiger partial charge < -0.3 is 9.64 Å². The first-order valence-electron chi connectivity index (χ1n) is 9.34. The number of carbonyl (C=O) groups excluding carboxylic acids is 3. The van der Waals surface area contributed by atoms with Crippen LogP contribution in [0.3, 0.4) is 0 Å². The summed E-state index contributed by atoms with van der Waals surface area (Å²) in [5, 5.41) is 2.15. The molecule has 2 heterocycles. The molecule has 7 heteroatoms. The Hall–Kier alpha value is -3.19. The number of hydrazine groups is 1. The Morgan fingerprint density at radius 3 is 2.07 bits per heavy atom. The normalized spacial score (nSPS) is 16.3. The molecule has 0 atom stereocenters. The van der Waals surface area contributed by atoms with E-state index in [9.17, 15) is 14.4 Å². The highest BCUT2D eigenvalue weighted by Gasteiger charge is 2.40. The quantitative estimate of drug-likeness (QED) is 0.762. The van der Waals surface area contributed by atoms with Gasteiger partial charge in [-0.1, -0.05) is 12.1 Å². The van der Waals surface area contributed by atoms with Gasteiger partial charge in [-0.05, 0) is 43.3 Å². The van der Waals surface area contributed by atoms with Gasteiger partial charge in [0.1, 0.15) is 0 Å². The average molecular weight is 379 g/mol. The number of anilines is 1. The molecule has 0 aliphatic carbocycles. The van der Waals surface area contributed by atoms with Gasteiger partial charge in [0.05, 0.1) is 24.3 Å². The van der Waals surface area contributed by atoms with Crippen LogP contribution in [0.25, 0.3) is 0 Å². The average Bonchev–Trinajstić information content (AvgIpc) is 3.00. The lowest BCUT2D eigenvalue weighted by Gasteiger charge is -2.30. The molecule has 28 heavy (non-hydrogen) atoms. The third-order valence-corrected chi connectivity index (χ3v) is 5.04. The number of morpholine rings is 1. The fourth-order valence-electron chi connectivity index (χ4n) is 3.56. The Bertz CT molecular complexity index is 885. The third-order valence-electron chi connectivity index (χ3n) is 5.04. The van der Waals surface area contributed by atoms with Crippen LogP contribution < -0.4 is 4.90 Å². The highest BCUT2D eigenvalue weighted by Crippen LogP contribution is 2.25. The first-order valence-corrected chi connectivity index (χ1v) is 9.34. The molecule has 2 aromatic rings. The van der Waals surface area contributed by atoms with E-state index in [1.165, 1.54) is 5.01 Å². The van der Waals surface area contributed by atoms with Crippen LogP contribution in [0.2, 0.25) is 0 Å². The number of hydrogen-bond donors (Lipinski definition) is 0. The summed E-state index contributed by atoms with van der Waals surface area (Å²) in [4.78, 5) is 40.6. The summed E-state index contributed by atoms with van der Waals surface area (Å²) in [6.45, 7) is 4.93. The summed E-state index contributed by atoms with van der Waals surface area (Å²) in [7, 11) is 0. The maximum atomic E-state index is 13.0. The van der Waals surface area contributed by atoms with Crippen molar-refractivity contribution < 1.29 is 19.1 Å². The van der Waals surface area contributed by atoms with Crippen LogP contribution >= 0.6 is 0 Å². The van der Waals surface area contributed by atoms with Gasteiger partial charge in [0.25, 0.3) is 17.7 Å². The van der Waals surface area contributed by atoms with E-state index in [1.54, 1.807) is 43.3 Å². The van der Waals surface area contributed by atoms with Crippen molar-refractivity contribution >= 4 is 23.4 Å². The minimum Gasteiger partial charge on any atom is -0.378 e. The molecular weight excluding hydrogens is 358 g/mol. The molecule has 2 aliphatic heterocycles. The molecule has 3 amide bonds. The van der Waals surface area contributed by atoms with Crippen molar-refractivity contribution in [3.05, 3.63) is 65.2 Å². The first kappa shape index (κ1) is 18.2. The van der Waals surface area contributed by atoms with E-state index in [-0.39, 0.29) is 12.5 Å². The predicted octanol–water partition coefficient (Wildman–Crippen LogP) is 2.20. The second-order valence-electron chi connectivity index (χ2n) is 6.63. The van der Waals surface area contributed by atoms with Crippen molar-refractivity contribution in [2.24, 2.45) is 0 Å². The molecule has 1 fully saturated rings. The standard InChI is InChI=1S/C21H21N3O4/c1-2-23(24-20(26)17-5-3-4-6-18(17)21(24)27)19(25)15-7-9-16(10-8-15)22-11-13-28-14-12-22/h3-10H,2,11-14H2,1H3. The van der Waals surface area contributed by atoms with E-state index in [0.717, 1.165) is 23.8 Å². The highest BCUT2D eigenvalue weighted by atomic mass is 16.5. The molecule has 2 aliphatic rings. The molecule has 144 valence electrons. The Balaban J connectivity index is 1.56. The van der Waals surface area contributed by atoms with Crippen LogP contribution in [0.5, 0.6) is 0 Å². The van der Waals surface area contributed by atoms with Crippen LogP contribution in [0.4, 0.5) is 5.69 Å². The Kier molecular flexibility index (Phi) is 4.83. The molecule has 7 nitrogen and oxygen atoms in total. The molecule has 0 saturated carbocycles. The summed E-state index contributed by atoms with van der Waals surface area (Å²) in [5.41, 5.74) is 2.09. The van der Waals surface area contributed by atoms with E-state index in [2.05, 4.69) is 4.90 Å². The van der Waals surface area contributed by atoms with Gasteiger partial charge in [-0.3, -0.25) is 14.4 Å². The molecule has 4 rings (SSSR count). The Morgan fingerprint density at radius 1 is 0.964 bits per heavy atom. The van der Waals surface area contributed by atoms with E-state index in [1.807, 2.05) is 12.1 Å². The number of hydrogen-bond acceptors (Lipinski definition) is 5. The van der Waals surface area contributed by atoms with Crippen LogP contribution in [-0.2, 0) is 4.74 Å². The molecule has 0 aromatic heterocycles. The van der Waals surface area contributed by atoms with Crippen molar-refractivity contribution in [1.82, 2.24) is 10.0 Å². The van der Waals surface area contributed by atoms with Crippen molar-refractivity contribution in [2.45, 2.75) is 6.92 Å². The van der Waals surface area contributed by atoms with Crippen molar-refractivity contribution in [2.75, 3.05) is 37.7 Å². The number of ether oxygens (including phenoxy) is 1. The van der Waals surface area contributed by atoms with Crippen LogP contribution in [-0.4, -0.2) is 60.6 Å². The summed E-state index contributed by atoms with van der Waals surface area (Å²) in [6.07, 6.45) is 0. The number of amides is 3. The van der Waals surface area contributed by atoms with Crippen molar-refractivity contribution in [3.8, 4) is 0 Å². The van der Waals surface area contributed by atoms with Gasteiger partial charge >= 0.3 is 0 Å². The van der Waals surface area contributed by atoms with E-state index in [4.69, 9.17) is 4.74 Å².